The highest BCUT2D eigenvalue weighted by molar-refractivity contribution is 5.82. The molecule has 7 heteroatoms. The second-order valence-corrected chi connectivity index (χ2v) is 7.75. The van der Waals surface area contributed by atoms with E-state index in [1.807, 2.05) is 57.8 Å². The maximum absolute atomic E-state index is 12.4. The van der Waals surface area contributed by atoms with E-state index in [-0.39, 0.29) is 11.5 Å². The normalized spacial score (nSPS) is 14.6. The zero-order valence-electron chi connectivity index (χ0n) is 17.7. The quantitative estimate of drug-likeness (QED) is 0.417. The van der Waals surface area contributed by atoms with Crippen molar-refractivity contribution in [2.45, 2.75) is 18.9 Å². The van der Waals surface area contributed by atoms with E-state index in [2.05, 4.69) is 4.98 Å². The third-order valence-corrected chi connectivity index (χ3v) is 5.67. The topological polar surface area (TPSA) is 67.5 Å². The summed E-state index contributed by atoms with van der Waals surface area (Å²) in [6, 6.07) is 15.2. The largest absolute Gasteiger partial charge is 0.491 e. The highest BCUT2D eigenvalue weighted by atomic mass is 16.5. The van der Waals surface area contributed by atoms with E-state index in [0.717, 1.165) is 48.7 Å². The number of rotatable bonds is 7. The van der Waals surface area contributed by atoms with E-state index in [4.69, 9.17) is 14.2 Å². The SMILES string of the molecule is O=c1ccn(-c2ccc(OCCOC3CCOCC3)cc2)c2cc(-n3ccnc3)ccc12. The van der Waals surface area contributed by atoms with Gasteiger partial charge in [-0.15, -0.1) is 0 Å². The maximum atomic E-state index is 12.4. The van der Waals surface area contributed by atoms with E-state index in [0.29, 0.717) is 18.6 Å². The van der Waals surface area contributed by atoms with Crippen LogP contribution in [0.1, 0.15) is 12.8 Å². The fourth-order valence-electron chi connectivity index (χ4n) is 3.96. The van der Waals surface area contributed by atoms with E-state index >= 15 is 0 Å². The Morgan fingerprint density at radius 1 is 0.969 bits per heavy atom. The lowest BCUT2D eigenvalue weighted by molar-refractivity contribution is -0.0388. The molecule has 0 amide bonds. The van der Waals surface area contributed by atoms with E-state index in [9.17, 15) is 4.79 Å². The number of hydrogen-bond donors (Lipinski definition) is 0. The molecule has 32 heavy (non-hydrogen) atoms. The highest BCUT2D eigenvalue weighted by Crippen LogP contribution is 2.22. The summed E-state index contributed by atoms with van der Waals surface area (Å²) >= 11 is 0. The fraction of sp³-hybridized carbons (Fsp3) is 0.280. The summed E-state index contributed by atoms with van der Waals surface area (Å²) in [5.74, 6) is 0.786. The molecule has 0 bridgehead atoms. The van der Waals surface area contributed by atoms with Gasteiger partial charge in [0.1, 0.15) is 12.4 Å². The van der Waals surface area contributed by atoms with Crippen molar-refractivity contribution in [3.8, 4) is 17.1 Å². The fourth-order valence-corrected chi connectivity index (χ4v) is 3.96. The molecule has 1 aliphatic rings. The van der Waals surface area contributed by atoms with Crippen LogP contribution in [0.25, 0.3) is 22.3 Å². The molecule has 1 saturated heterocycles. The Kier molecular flexibility index (Phi) is 6.00. The van der Waals surface area contributed by atoms with Gasteiger partial charge in [-0.2, -0.15) is 0 Å². The molecule has 3 heterocycles. The van der Waals surface area contributed by atoms with Gasteiger partial charge >= 0.3 is 0 Å². The molecule has 0 spiro atoms. The van der Waals surface area contributed by atoms with Crippen molar-refractivity contribution in [3.63, 3.8) is 0 Å². The first-order valence-corrected chi connectivity index (χ1v) is 10.8. The minimum Gasteiger partial charge on any atom is -0.491 e. The number of aromatic nitrogens is 3. The zero-order chi connectivity index (χ0) is 21.8. The Hall–Kier alpha value is -3.42. The Balaban J connectivity index is 1.32. The van der Waals surface area contributed by atoms with E-state index in [1.165, 1.54) is 0 Å². The average molecular weight is 431 g/mol. The van der Waals surface area contributed by atoms with Crippen molar-refractivity contribution in [1.82, 2.24) is 14.1 Å². The molecular formula is C25H25N3O4. The van der Waals surface area contributed by atoms with Gasteiger partial charge in [0.25, 0.3) is 0 Å². The molecule has 164 valence electrons. The molecule has 0 unspecified atom stereocenters. The van der Waals surface area contributed by atoms with Crippen LogP contribution >= 0.6 is 0 Å². The molecule has 4 aromatic rings. The van der Waals surface area contributed by atoms with Crippen LogP contribution in [0.4, 0.5) is 0 Å². The summed E-state index contributed by atoms with van der Waals surface area (Å²) in [5.41, 5.74) is 2.72. The number of benzene rings is 2. The molecular weight excluding hydrogens is 406 g/mol. The summed E-state index contributed by atoms with van der Waals surface area (Å²) in [6.45, 7) is 2.62. The standard InChI is InChI=1S/C25H25N3O4/c29-25-7-11-28(24-17-20(3-6-23(24)25)27-12-10-26-18-27)19-1-4-21(5-2-19)31-15-16-32-22-8-13-30-14-9-22/h1-7,10-12,17-18,22H,8-9,13-16H2. The molecule has 0 saturated carbocycles. The molecule has 2 aromatic heterocycles. The summed E-state index contributed by atoms with van der Waals surface area (Å²) in [5, 5.41) is 0.668. The van der Waals surface area contributed by atoms with Crippen molar-refractivity contribution in [2.24, 2.45) is 0 Å². The average Bonchev–Trinajstić information content (AvgIpc) is 3.38. The minimum atomic E-state index is -0.00193. The first kappa shape index (κ1) is 20.5. The molecule has 0 N–H and O–H groups in total. The van der Waals surface area contributed by atoms with Gasteiger partial charge in [-0.25, -0.2) is 4.98 Å². The van der Waals surface area contributed by atoms with Crippen LogP contribution in [0.2, 0.25) is 0 Å². The lowest BCUT2D eigenvalue weighted by Crippen LogP contribution is -2.25. The Morgan fingerprint density at radius 3 is 2.56 bits per heavy atom. The van der Waals surface area contributed by atoms with Gasteiger partial charge in [-0.05, 0) is 55.3 Å². The van der Waals surface area contributed by atoms with Gasteiger partial charge in [-0.1, -0.05) is 0 Å². The molecule has 0 atom stereocenters. The number of hydrogen-bond acceptors (Lipinski definition) is 5. The number of ether oxygens (including phenoxy) is 3. The Morgan fingerprint density at radius 2 is 1.78 bits per heavy atom. The van der Waals surface area contributed by atoms with Gasteiger partial charge in [0.05, 0.1) is 24.6 Å². The maximum Gasteiger partial charge on any atom is 0.189 e. The van der Waals surface area contributed by atoms with Crippen molar-refractivity contribution >= 4 is 10.9 Å². The third kappa shape index (κ3) is 4.44. The molecule has 5 rings (SSSR count). The summed E-state index contributed by atoms with van der Waals surface area (Å²) in [6.07, 6.45) is 9.33. The Labute approximate surface area is 185 Å². The lowest BCUT2D eigenvalue weighted by Gasteiger charge is -2.22. The van der Waals surface area contributed by atoms with Crippen LogP contribution in [0.15, 0.2) is 78.2 Å². The second kappa shape index (κ2) is 9.38. The molecule has 1 aliphatic heterocycles. The van der Waals surface area contributed by atoms with Crippen molar-refractivity contribution < 1.29 is 14.2 Å². The number of pyridine rings is 1. The van der Waals surface area contributed by atoms with Crippen LogP contribution in [-0.2, 0) is 9.47 Å². The third-order valence-electron chi connectivity index (χ3n) is 5.67. The van der Waals surface area contributed by atoms with Gasteiger partial charge in [-0.3, -0.25) is 4.79 Å². The summed E-state index contributed by atoms with van der Waals surface area (Å²) in [4.78, 5) is 16.5. The first-order chi connectivity index (χ1) is 15.8. The zero-order valence-corrected chi connectivity index (χ0v) is 17.7. The molecule has 1 fully saturated rings. The van der Waals surface area contributed by atoms with Crippen molar-refractivity contribution in [2.75, 3.05) is 26.4 Å². The van der Waals surface area contributed by atoms with Gasteiger partial charge in [0, 0.05) is 54.6 Å². The van der Waals surface area contributed by atoms with E-state index < -0.39 is 0 Å². The Bertz CT molecular complexity index is 1230. The molecule has 7 nitrogen and oxygen atoms in total. The van der Waals surface area contributed by atoms with Crippen LogP contribution in [-0.4, -0.2) is 46.6 Å². The lowest BCUT2D eigenvalue weighted by atomic mass is 10.1. The summed E-state index contributed by atoms with van der Waals surface area (Å²) < 4.78 is 21.0. The van der Waals surface area contributed by atoms with E-state index in [1.54, 1.807) is 24.8 Å². The van der Waals surface area contributed by atoms with Crippen molar-refractivity contribution in [3.05, 3.63) is 83.7 Å². The van der Waals surface area contributed by atoms with Crippen LogP contribution in [0.3, 0.4) is 0 Å². The second-order valence-electron chi connectivity index (χ2n) is 7.75. The molecule has 0 aliphatic carbocycles. The highest BCUT2D eigenvalue weighted by Gasteiger charge is 2.13. The van der Waals surface area contributed by atoms with Crippen LogP contribution < -0.4 is 10.2 Å². The number of nitrogens with zero attached hydrogens (tertiary/aromatic N) is 3. The van der Waals surface area contributed by atoms with Crippen molar-refractivity contribution in [1.29, 1.82) is 0 Å². The summed E-state index contributed by atoms with van der Waals surface area (Å²) in [7, 11) is 0. The van der Waals surface area contributed by atoms with Crippen LogP contribution in [0, 0.1) is 0 Å². The predicted octanol–water partition coefficient (Wildman–Crippen LogP) is 3.75. The van der Waals surface area contributed by atoms with Crippen LogP contribution in [0.5, 0.6) is 5.75 Å². The predicted molar refractivity (Wildman–Crippen MR) is 122 cm³/mol. The van der Waals surface area contributed by atoms with Gasteiger partial charge < -0.3 is 23.3 Å². The smallest absolute Gasteiger partial charge is 0.189 e. The molecule has 2 aromatic carbocycles. The van der Waals surface area contributed by atoms with Gasteiger partial charge in [0.2, 0.25) is 0 Å². The van der Waals surface area contributed by atoms with Gasteiger partial charge in [0.15, 0.2) is 5.43 Å². The monoisotopic (exact) mass is 431 g/mol. The first-order valence-electron chi connectivity index (χ1n) is 10.8. The number of imidazole rings is 1. The molecule has 0 radical (unpaired) electrons. The minimum absolute atomic E-state index is 0.00193. The number of fused-ring (bicyclic) bond motifs is 1.